The molecule has 0 radical (unpaired) electrons. The van der Waals surface area contributed by atoms with Gasteiger partial charge in [0.05, 0.1) is 11.3 Å². The number of hydroxylamine groups is 1. The quantitative estimate of drug-likeness (QED) is 0.506. The van der Waals surface area contributed by atoms with E-state index in [4.69, 9.17) is 17.3 Å². The van der Waals surface area contributed by atoms with Crippen molar-refractivity contribution in [2.24, 2.45) is 5.73 Å². The van der Waals surface area contributed by atoms with Gasteiger partial charge >= 0.3 is 5.79 Å². The maximum absolute atomic E-state index is 12.6. The van der Waals surface area contributed by atoms with Crippen LogP contribution in [0.2, 0.25) is 0 Å². The SMILES string of the molecule is NC1(CCl)Nc2ccccc2C(c2ccccc2)=[N+]1[O-]. The summed E-state index contributed by atoms with van der Waals surface area (Å²) in [7, 11) is 0. The van der Waals surface area contributed by atoms with Gasteiger partial charge in [0, 0.05) is 5.56 Å². The zero-order chi connectivity index (χ0) is 14.2. The predicted molar refractivity (Wildman–Crippen MR) is 81.0 cm³/mol. The summed E-state index contributed by atoms with van der Waals surface area (Å²) in [5.74, 6) is -1.37. The monoisotopic (exact) mass is 287 g/mol. The van der Waals surface area contributed by atoms with Gasteiger partial charge in [-0.25, -0.2) is 5.73 Å². The first-order chi connectivity index (χ1) is 9.65. The molecule has 1 aliphatic heterocycles. The van der Waals surface area contributed by atoms with Gasteiger partial charge in [-0.3, -0.25) is 0 Å². The molecule has 20 heavy (non-hydrogen) atoms. The minimum absolute atomic E-state index is 0.0266. The number of nitrogens with two attached hydrogens (primary N) is 1. The highest BCUT2D eigenvalue weighted by Gasteiger charge is 2.41. The predicted octanol–water partition coefficient (Wildman–Crippen LogP) is 2.31. The number of fused-ring (bicyclic) bond motifs is 1. The molecule has 1 unspecified atom stereocenters. The van der Waals surface area contributed by atoms with Crippen molar-refractivity contribution in [3.05, 3.63) is 70.9 Å². The number of nitrogens with zero attached hydrogens (tertiary/aromatic N) is 1. The van der Waals surface area contributed by atoms with Crippen molar-refractivity contribution in [3.63, 3.8) is 0 Å². The average Bonchev–Trinajstić information content (AvgIpc) is 2.49. The Morgan fingerprint density at radius 1 is 1.10 bits per heavy atom. The van der Waals surface area contributed by atoms with E-state index in [2.05, 4.69) is 5.32 Å². The van der Waals surface area contributed by atoms with Crippen LogP contribution in [0.15, 0.2) is 54.6 Å². The van der Waals surface area contributed by atoms with E-state index < -0.39 is 5.79 Å². The van der Waals surface area contributed by atoms with Crippen LogP contribution in [-0.4, -0.2) is 22.1 Å². The molecule has 0 bridgehead atoms. The Bertz CT molecular complexity index is 672. The third-order valence-electron chi connectivity index (χ3n) is 3.35. The van der Waals surface area contributed by atoms with Gasteiger partial charge in [0.1, 0.15) is 5.88 Å². The number of alkyl halides is 1. The Morgan fingerprint density at radius 2 is 1.75 bits per heavy atom. The van der Waals surface area contributed by atoms with E-state index in [1.807, 2.05) is 54.6 Å². The average molecular weight is 288 g/mol. The Labute approximate surface area is 122 Å². The highest BCUT2D eigenvalue weighted by molar-refractivity contribution is 6.19. The summed E-state index contributed by atoms with van der Waals surface area (Å²) >= 11 is 5.89. The van der Waals surface area contributed by atoms with Crippen molar-refractivity contribution in [3.8, 4) is 0 Å². The number of rotatable bonds is 2. The number of hydrogen-bond donors (Lipinski definition) is 2. The summed E-state index contributed by atoms with van der Waals surface area (Å²) in [6.07, 6.45) is 0. The lowest BCUT2D eigenvalue weighted by Gasteiger charge is -2.34. The van der Waals surface area contributed by atoms with E-state index >= 15 is 0 Å². The fourth-order valence-corrected chi connectivity index (χ4v) is 2.52. The molecule has 2 aromatic rings. The fourth-order valence-electron chi connectivity index (χ4n) is 2.35. The zero-order valence-electron chi connectivity index (χ0n) is 10.7. The molecule has 3 rings (SSSR count). The molecule has 0 fully saturated rings. The lowest BCUT2D eigenvalue weighted by Crippen LogP contribution is -2.61. The van der Waals surface area contributed by atoms with Gasteiger partial charge in [0.25, 0.3) is 0 Å². The Hall–Kier alpha value is -2.04. The van der Waals surface area contributed by atoms with Crippen molar-refractivity contribution in [2.75, 3.05) is 11.2 Å². The first-order valence-electron chi connectivity index (χ1n) is 6.28. The van der Waals surface area contributed by atoms with E-state index in [1.165, 1.54) is 0 Å². The topological polar surface area (TPSA) is 64.1 Å². The van der Waals surface area contributed by atoms with Crippen molar-refractivity contribution >= 4 is 23.0 Å². The Morgan fingerprint density at radius 3 is 2.45 bits per heavy atom. The molecule has 0 aromatic heterocycles. The number of halogens is 1. The van der Waals surface area contributed by atoms with E-state index in [-0.39, 0.29) is 5.88 Å². The van der Waals surface area contributed by atoms with Gasteiger partial charge < -0.3 is 10.5 Å². The zero-order valence-corrected chi connectivity index (χ0v) is 11.5. The third-order valence-corrected chi connectivity index (χ3v) is 3.76. The number of benzene rings is 2. The molecule has 0 spiro atoms. The Balaban J connectivity index is 2.28. The molecule has 1 atom stereocenters. The summed E-state index contributed by atoms with van der Waals surface area (Å²) in [6, 6.07) is 17.0. The molecule has 1 heterocycles. The maximum Gasteiger partial charge on any atom is 0.317 e. The van der Waals surface area contributed by atoms with Gasteiger partial charge in [0.15, 0.2) is 0 Å². The van der Waals surface area contributed by atoms with E-state index in [0.717, 1.165) is 21.6 Å². The van der Waals surface area contributed by atoms with Crippen molar-refractivity contribution in [2.45, 2.75) is 5.79 Å². The summed E-state index contributed by atoms with van der Waals surface area (Å²) in [4.78, 5) is 0. The molecule has 0 aliphatic carbocycles. The van der Waals surface area contributed by atoms with Crippen LogP contribution >= 0.6 is 11.6 Å². The second kappa shape index (κ2) is 4.81. The van der Waals surface area contributed by atoms with Crippen LogP contribution in [0.4, 0.5) is 5.69 Å². The van der Waals surface area contributed by atoms with Crippen LogP contribution in [0.5, 0.6) is 0 Å². The van der Waals surface area contributed by atoms with Crippen molar-refractivity contribution in [1.29, 1.82) is 0 Å². The van der Waals surface area contributed by atoms with Crippen LogP contribution in [0.3, 0.4) is 0 Å². The smallest absolute Gasteiger partial charge is 0.317 e. The highest BCUT2D eigenvalue weighted by atomic mass is 35.5. The van der Waals surface area contributed by atoms with Crippen LogP contribution in [-0.2, 0) is 0 Å². The molecule has 0 saturated heterocycles. The second-order valence-electron chi connectivity index (χ2n) is 4.74. The third kappa shape index (κ3) is 1.94. The lowest BCUT2D eigenvalue weighted by atomic mass is 9.98. The van der Waals surface area contributed by atoms with Crippen LogP contribution < -0.4 is 11.1 Å². The summed E-state index contributed by atoms with van der Waals surface area (Å²) < 4.78 is 0.762. The molecule has 2 aromatic carbocycles. The van der Waals surface area contributed by atoms with Crippen LogP contribution in [0, 0.1) is 5.21 Å². The molecule has 0 saturated carbocycles. The molecule has 102 valence electrons. The minimum Gasteiger partial charge on any atom is -0.621 e. The van der Waals surface area contributed by atoms with Gasteiger partial charge in [-0.2, -0.15) is 4.74 Å². The van der Waals surface area contributed by atoms with Gasteiger partial charge in [-0.05, 0) is 24.3 Å². The number of anilines is 1. The van der Waals surface area contributed by atoms with Gasteiger partial charge in [-0.1, -0.05) is 30.3 Å². The minimum atomic E-state index is -1.35. The molecule has 5 heteroatoms. The first-order valence-corrected chi connectivity index (χ1v) is 6.81. The van der Waals surface area contributed by atoms with Gasteiger partial charge in [0.2, 0.25) is 5.71 Å². The number of nitrogens with one attached hydrogen (secondary N) is 1. The second-order valence-corrected chi connectivity index (χ2v) is 5.00. The highest BCUT2D eigenvalue weighted by Crippen LogP contribution is 2.28. The van der Waals surface area contributed by atoms with Crippen LogP contribution in [0.1, 0.15) is 11.1 Å². The standard InChI is InChI=1S/C15H14ClN3O/c16-10-15(17)18-13-9-5-4-8-12(13)14(19(15)20)11-6-2-1-3-7-11/h1-9,18H,10,17H2. The largest absolute Gasteiger partial charge is 0.621 e. The summed E-state index contributed by atoms with van der Waals surface area (Å²) in [5.41, 5.74) is 9.07. The van der Waals surface area contributed by atoms with Crippen LogP contribution in [0.25, 0.3) is 0 Å². The van der Waals surface area contributed by atoms with Crippen molar-refractivity contribution in [1.82, 2.24) is 0 Å². The fraction of sp³-hybridized carbons (Fsp3) is 0.133. The summed E-state index contributed by atoms with van der Waals surface area (Å²) in [5, 5.41) is 15.7. The molecular formula is C15H14ClN3O. The Kier molecular flexibility index (Phi) is 3.12. The lowest BCUT2D eigenvalue weighted by molar-refractivity contribution is -0.534. The number of hydrogen-bond acceptors (Lipinski definition) is 3. The number of para-hydroxylation sites is 1. The molecule has 0 amide bonds. The van der Waals surface area contributed by atoms with Gasteiger partial charge in [-0.15, -0.1) is 11.6 Å². The molecule has 3 N–H and O–H groups in total. The normalized spacial score (nSPS) is 21.3. The van der Waals surface area contributed by atoms with E-state index in [0.29, 0.717) is 5.71 Å². The molecule has 1 aliphatic rings. The summed E-state index contributed by atoms with van der Waals surface area (Å²) in [6.45, 7) is 0. The maximum atomic E-state index is 12.6. The first kappa shape index (κ1) is 13.0. The van der Waals surface area contributed by atoms with E-state index in [9.17, 15) is 5.21 Å². The van der Waals surface area contributed by atoms with Crippen molar-refractivity contribution < 1.29 is 4.74 Å². The molecular weight excluding hydrogens is 274 g/mol. The molecule has 4 nitrogen and oxygen atoms in total. The van der Waals surface area contributed by atoms with E-state index in [1.54, 1.807) is 0 Å².